The molecule has 0 radical (unpaired) electrons. The van der Waals surface area contributed by atoms with E-state index in [4.69, 9.17) is 15.5 Å². The quantitative estimate of drug-likeness (QED) is 0.325. The van der Waals surface area contributed by atoms with Crippen LogP contribution in [0.1, 0.15) is 37.3 Å². The molecule has 3 N–H and O–H groups in total. The van der Waals surface area contributed by atoms with Gasteiger partial charge in [0.15, 0.2) is 27.1 Å². The zero-order valence-corrected chi connectivity index (χ0v) is 25.3. The van der Waals surface area contributed by atoms with Gasteiger partial charge in [-0.15, -0.1) is 0 Å². The summed E-state index contributed by atoms with van der Waals surface area (Å²) in [6.45, 7) is 0.340. The molecule has 0 spiro atoms. The summed E-state index contributed by atoms with van der Waals surface area (Å²) in [5.41, 5.74) is 12.4. The van der Waals surface area contributed by atoms with Gasteiger partial charge in [0, 0.05) is 53.4 Å². The van der Waals surface area contributed by atoms with Gasteiger partial charge in [0.25, 0.3) is 5.91 Å². The number of methoxy groups -OCH3 is 1. The highest BCUT2D eigenvalue weighted by Crippen LogP contribution is 2.45. The SMILES string of the molecule is COc1ccc(-c2ccc(-c3cnn4c(N)c(S(C)(=O)=O)c(C5CC6CCC(C5)N6C(=O)C5=NCC=NN5)nc34)cn2)cc1F. The Hall–Kier alpha value is -4.92. The third-order valence-electron chi connectivity index (χ3n) is 8.71. The second-order valence-corrected chi connectivity index (χ2v) is 13.4. The molecule has 15 heteroatoms. The number of ether oxygens (including phenoxy) is 1. The lowest BCUT2D eigenvalue weighted by Gasteiger charge is -2.39. The van der Waals surface area contributed by atoms with Crippen molar-refractivity contribution >= 4 is 39.3 Å². The summed E-state index contributed by atoms with van der Waals surface area (Å²) >= 11 is 0. The molecule has 232 valence electrons. The first kappa shape index (κ1) is 28.8. The number of carbonyl (C=O) groups is 1. The van der Waals surface area contributed by atoms with Crippen LogP contribution in [0.2, 0.25) is 0 Å². The first-order valence-corrected chi connectivity index (χ1v) is 16.3. The fourth-order valence-corrected chi connectivity index (χ4v) is 7.77. The largest absolute Gasteiger partial charge is 0.494 e. The van der Waals surface area contributed by atoms with Crippen molar-refractivity contribution in [3.05, 3.63) is 54.2 Å². The molecule has 0 aliphatic carbocycles. The van der Waals surface area contributed by atoms with Gasteiger partial charge in [0.05, 0.1) is 31.2 Å². The van der Waals surface area contributed by atoms with Crippen LogP contribution in [0.4, 0.5) is 10.2 Å². The first-order chi connectivity index (χ1) is 21.6. The molecule has 3 aromatic heterocycles. The number of hydrazone groups is 1. The van der Waals surface area contributed by atoms with E-state index in [-0.39, 0.29) is 46.2 Å². The van der Waals surface area contributed by atoms with Gasteiger partial charge in [-0.2, -0.15) is 14.7 Å². The lowest BCUT2D eigenvalue weighted by Crippen LogP contribution is -2.51. The molecule has 2 saturated heterocycles. The fraction of sp³-hybridized carbons (Fsp3) is 0.333. The average Bonchev–Trinajstić information content (AvgIpc) is 3.58. The molecule has 3 aliphatic rings. The van der Waals surface area contributed by atoms with Crippen LogP contribution < -0.4 is 15.9 Å². The van der Waals surface area contributed by atoms with Crippen LogP contribution in [0.15, 0.2) is 57.7 Å². The summed E-state index contributed by atoms with van der Waals surface area (Å²) in [6.07, 6.45) is 8.56. The molecule has 3 aliphatic heterocycles. The van der Waals surface area contributed by atoms with E-state index in [2.05, 4.69) is 25.6 Å². The van der Waals surface area contributed by atoms with E-state index < -0.39 is 15.7 Å². The number of carbonyl (C=O) groups excluding carboxylic acids is 1. The fourth-order valence-electron chi connectivity index (χ4n) is 6.71. The molecular weight excluding hydrogens is 601 g/mol. The lowest BCUT2D eigenvalue weighted by atomic mass is 9.87. The number of aliphatic imine (C=N–C) groups is 1. The number of nitrogen functional groups attached to an aromatic ring is 1. The Morgan fingerprint density at radius 2 is 1.87 bits per heavy atom. The highest BCUT2D eigenvalue weighted by Gasteiger charge is 2.46. The number of nitrogens with two attached hydrogens (primary N) is 1. The number of hydrogen-bond donors (Lipinski definition) is 2. The maximum absolute atomic E-state index is 14.3. The number of amides is 1. The molecule has 2 bridgehead atoms. The molecule has 2 fully saturated rings. The highest BCUT2D eigenvalue weighted by atomic mass is 32.2. The van der Waals surface area contributed by atoms with Crippen LogP contribution in [0.3, 0.4) is 0 Å². The van der Waals surface area contributed by atoms with Gasteiger partial charge >= 0.3 is 0 Å². The smallest absolute Gasteiger partial charge is 0.291 e. The molecule has 0 saturated carbocycles. The van der Waals surface area contributed by atoms with Crippen molar-refractivity contribution in [3.8, 4) is 28.1 Å². The first-order valence-electron chi connectivity index (χ1n) is 14.5. The van der Waals surface area contributed by atoms with E-state index >= 15 is 0 Å². The topological polar surface area (TPSA) is 170 Å². The predicted molar refractivity (Wildman–Crippen MR) is 165 cm³/mol. The number of benzene rings is 1. The van der Waals surface area contributed by atoms with Crippen molar-refractivity contribution in [3.63, 3.8) is 0 Å². The molecule has 4 aromatic rings. The number of hydrogen-bond acceptors (Lipinski definition) is 11. The normalized spacial score (nSPS) is 21.1. The average molecular weight is 632 g/mol. The minimum Gasteiger partial charge on any atom is -0.494 e. The van der Waals surface area contributed by atoms with Crippen LogP contribution in [0.5, 0.6) is 5.75 Å². The number of amidine groups is 1. The van der Waals surface area contributed by atoms with Crippen LogP contribution in [-0.2, 0) is 14.6 Å². The van der Waals surface area contributed by atoms with E-state index in [1.54, 1.807) is 36.8 Å². The lowest BCUT2D eigenvalue weighted by molar-refractivity contribution is -0.128. The summed E-state index contributed by atoms with van der Waals surface area (Å²) in [6, 6.07) is 7.99. The maximum Gasteiger partial charge on any atom is 0.291 e. The number of fused-ring (bicyclic) bond motifs is 3. The van der Waals surface area contributed by atoms with Gasteiger partial charge < -0.3 is 15.4 Å². The van der Waals surface area contributed by atoms with Crippen molar-refractivity contribution < 1.29 is 22.3 Å². The Bertz CT molecular complexity index is 2000. The molecule has 13 nitrogen and oxygen atoms in total. The van der Waals surface area contributed by atoms with E-state index in [0.29, 0.717) is 53.1 Å². The number of rotatable bonds is 6. The molecular formula is C30H30FN9O4S. The van der Waals surface area contributed by atoms with Gasteiger partial charge in [0.1, 0.15) is 10.7 Å². The number of nitrogens with zero attached hydrogens (tertiary/aromatic N) is 7. The number of pyridine rings is 1. The number of piperidine rings is 1. The van der Waals surface area contributed by atoms with Crippen LogP contribution in [0.25, 0.3) is 28.0 Å². The monoisotopic (exact) mass is 631 g/mol. The number of nitrogens with one attached hydrogen (secondary N) is 1. The van der Waals surface area contributed by atoms with Crippen LogP contribution >= 0.6 is 0 Å². The van der Waals surface area contributed by atoms with Crippen molar-refractivity contribution in [2.45, 2.75) is 48.6 Å². The van der Waals surface area contributed by atoms with Gasteiger partial charge in [-0.3, -0.25) is 20.2 Å². The van der Waals surface area contributed by atoms with E-state index in [0.717, 1.165) is 19.1 Å². The molecule has 2 unspecified atom stereocenters. The van der Waals surface area contributed by atoms with Gasteiger partial charge in [-0.05, 0) is 49.9 Å². The van der Waals surface area contributed by atoms with E-state index in [9.17, 15) is 17.6 Å². The highest BCUT2D eigenvalue weighted by molar-refractivity contribution is 7.91. The zero-order valence-electron chi connectivity index (χ0n) is 24.5. The Kier molecular flexibility index (Phi) is 6.99. The number of aromatic nitrogens is 4. The number of sulfone groups is 1. The number of anilines is 1. The van der Waals surface area contributed by atoms with Crippen molar-refractivity contribution in [1.82, 2.24) is 29.9 Å². The molecule has 7 rings (SSSR count). The summed E-state index contributed by atoms with van der Waals surface area (Å²) in [5.74, 6) is -0.605. The van der Waals surface area contributed by atoms with Crippen LogP contribution in [0, 0.1) is 5.82 Å². The van der Waals surface area contributed by atoms with E-state index in [1.165, 1.54) is 17.7 Å². The van der Waals surface area contributed by atoms with E-state index in [1.807, 2.05) is 11.0 Å². The number of halogens is 1. The summed E-state index contributed by atoms with van der Waals surface area (Å²) in [4.78, 5) is 28.8. The Morgan fingerprint density at radius 1 is 1.11 bits per heavy atom. The Labute approximate surface area is 257 Å². The van der Waals surface area contributed by atoms with Crippen molar-refractivity contribution in [2.75, 3.05) is 25.6 Å². The summed E-state index contributed by atoms with van der Waals surface area (Å²) < 4.78 is 46.9. The molecule has 1 aromatic carbocycles. The zero-order chi connectivity index (χ0) is 31.5. The van der Waals surface area contributed by atoms with Crippen LogP contribution in [-0.4, -0.2) is 82.9 Å². The standard InChI is InChI=1S/C30H30FN9O4S/c1-44-24-8-4-16(13-22(24)31)23-7-3-17(14-34-23)21-15-36-40-27(32)26(45(2,42)43)25(37-29(21)40)18-11-19-5-6-20(12-18)39(19)30(41)28-33-9-10-35-38-28/h3-4,7-8,10,13-15,18-20H,5-6,9,11-12,32H2,1-2H3,(H,33,38). The van der Waals surface area contributed by atoms with Crippen molar-refractivity contribution in [2.24, 2.45) is 10.1 Å². The third-order valence-corrected chi connectivity index (χ3v) is 9.87. The molecule has 45 heavy (non-hydrogen) atoms. The minimum absolute atomic E-state index is 0.0217. The minimum atomic E-state index is -3.79. The summed E-state index contributed by atoms with van der Waals surface area (Å²) in [7, 11) is -2.39. The summed E-state index contributed by atoms with van der Waals surface area (Å²) in [5, 5.41) is 8.35. The molecule has 1 amide bonds. The van der Waals surface area contributed by atoms with Crippen molar-refractivity contribution in [1.29, 1.82) is 0 Å². The maximum atomic E-state index is 14.3. The van der Waals surface area contributed by atoms with Gasteiger partial charge in [-0.1, -0.05) is 6.07 Å². The Balaban J connectivity index is 1.24. The second kappa shape index (κ2) is 10.9. The van der Waals surface area contributed by atoms with Gasteiger partial charge in [0.2, 0.25) is 5.84 Å². The molecule has 2 atom stereocenters. The molecule has 6 heterocycles. The predicted octanol–water partition coefficient (Wildman–Crippen LogP) is 2.82. The van der Waals surface area contributed by atoms with Gasteiger partial charge in [-0.25, -0.2) is 17.8 Å². The second-order valence-electron chi connectivity index (χ2n) is 11.4. The third kappa shape index (κ3) is 4.96. The Morgan fingerprint density at radius 3 is 2.49 bits per heavy atom.